The Kier molecular flexibility index (Phi) is 3.54. The van der Waals surface area contributed by atoms with E-state index in [1.165, 1.54) is 11.3 Å². The molecule has 1 aliphatic rings. The first kappa shape index (κ1) is 12.9. The van der Waals surface area contributed by atoms with Gasteiger partial charge in [0, 0.05) is 37.5 Å². The maximum atomic E-state index is 12.3. The lowest BCUT2D eigenvalue weighted by Crippen LogP contribution is -2.12. The molecule has 0 atom stereocenters. The van der Waals surface area contributed by atoms with E-state index in [1.54, 1.807) is 4.68 Å². The summed E-state index contributed by atoms with van der Waals surface area (Å²) < 4.78 is 1.77. The first-order valence-electron chi connectivity index (χ1n) is 7.10. The Hall–Kier alpha value is -2.10. The Labute approximate surface area is 118 Å². The van der Waals surface area contributed by atoms with Crippen molar-refractivity contribution in [2.45, 2.75) is 25.7 Å². The van der Waals surface area contributed by atoms with Crippen molar-refractivity contribution in [2.75, 3.05) is 11.9 Å². The van der Waals surface area contributed by atoms with Crippen LogP contribution in [0.25, 0.3) is 0 Å². The summed E-state index contributed by atoms with van der Waals surface area (Å²) in [5.41, 5.74) is 4.39. The molecule has 104 valence electrons. The van der Waals surface area contributed by atoms with Crippen molar-refractivity contribution in [3.63, 3.8) is 0 Å². The second kappa shape index (κ2) is 5.49. The number of rotatable bonds is 4. The van der Waals surface area contributed by atoms with E-state index in [4.69, 9.17) is 0 Å². The fourth-order valence-electron chi connectivity index (χ4n) is 2.65. The molecule has 3 rings (SSSR count). The molecule has 4 nitrogen and oxygen atoms in total. The van der Waals surface area contributed by atoms with Crippen LogP contribution < -0.4 is 5.32 Å². The van der Waals surface area contributed by atoms with E-state index in [1.807, 2.05) is 37.6 Å². The molecule has 0 fully saturated rings. The number of hydrogen-bond acceptors (Lipinski definition) is 3. The first-order chi connectivity index (χ1) is 9.72. The third-order valence-corrected chi connectivity index (χ3v) is 3.76. The zero-order valence-corrected chi connectivity index (χ0v) is 11.7. The van der Waals surface area contributed by atoms with Gasteiger partial charge in [-0.05, 0) is 48.6 Å². The number of nitrogens with zero attached hydrogens (tertiary/aromatic N) is 2. The van der Waals surface area contributed by atoms with E-state index in [0.717, 1.165) is 36.9 Å². The van der Waals surface area contributed by atoms with Crippen LogP contribution >= 0.6 is 0 Å². The molecule has 1 aromatic carbocycles. The number of benzene rings is 1. The van der Waals surface area contributed by atoms with Crippen molar-refractivity contribution in [1.82, 2.24) is 9.78 Å². The van der Waals surface area contributed by atoms with Crippen LogP contribution in [0.5, 0.6) is 0 Å². The summed E-state index contributed by atoms with van der Waals surface area (Å²) in [5.74, 6) is 0.210. The molecule has 0 bridgehead atoms. The van der Waals surface area contributed by atoms with Crippen LogP contribution in [0, 0.1) is 0 Å². The number of carbonyl (C=O) groups excluding carboxylic acids is 1. The minimum Gasteiger partial charge on any atom is -0.385 e. The van der Waals surface area contributed by atoms with E-state index in [9.17, 15) is 4.79 Å². The first-order valence-corrected chi connectivity index (χ1v) is 7.10. The van der Waals surface area contributed by atoms with Crippen molar-refractivity contribution in [3.05, 3.63) is 47.3 Å². The molecule has 2 aromatic rings. The highest BCUT2D eigenvalue weighted by molar-refractivity contribution is 5.96. The van der Waals surface area contributed by atoms with Crippen LogP contribution in [-0.2, 0) is 19.9 Å². The summed E-state index contributed by atoms with van der Waals surface area (Å²) in [6.07, 6.45) is 7.28. The molecule has 0 radical (unpaired) electrons. The molecule has 4 heteroatoms. The topological polar surface area (TPSA) is 46.9 Å². The van der Waals surface area contributed by atoms with Gasteiger partial charge < -0.3 is 5.32 Å². The number of carbonyl (C=O) groups is 1. The number of ketones is 1. The highest BCUT2D eigenvalue weighted by Crippen LogP contribution is 2.23. The van der Waals surface area contributed by atoms with Gasteiger partial charge in [-0.25, -0.2) is 0 Å². The van der Waals surface area contributed by atoms with E-state index in [2.05, 4.69) is 10.4 Å². The molecule has 0 saturated carbocycles. The van der Waals surface area contributed by atoms with E-state index < -0.39 is 0 Å². The normalized spacial score (nSPS) is 13.7. The van der Waals surface area contributed by atoms with E-state index in [0.29, 0.717) is 6.42 Å². The number of nitrogens with one attached hydrogen (secondary N) is 1. The lowest BCUT2D eigenvalue weighted by Gasteiger charge is -2.18. The molecule has 1 aliphatic heterocycles. The minimum absolute atomic E-state index is 0.210. The zero-order valence-electron chi connectivity index (χ0n) is 11.7. The minimum atomic E-state index is 0.210. The van der Waals surface area contributed by atoms with Gasteiger partial charge in [0.1, 0.15) is 0 Å². The summed E-state index contributed by atoms with van der Waals surface area (Å²) in [6.45, 7) is 1.03. The predicted molar refractivity (Wildman–Crippen MR) is 79.1 cm³/mol. The molecule has 2 heterocycles. The van der Waals surface area contributed by atoms with Crippen molar-refractivity contribution in [2.24, 2.45) is 7.05 Å². The lowest BCUT2D eigenvalue weighted by molar-refractivity contribution is 0.0983. The molecular weight excluding hydrogens is 250 g/mol. The average Bonchev–Trinajstić information content (AvgIpc) is 2.90. The number of fused-ring (bicyclic) bond motifs is 1. The van der Waals surface area contributed by atoms with Gasteiger partial charge in [-0.2, -0.15) is 5.10 Å². The molecule has 0 unspecified atom stereocenters. The van der Waals surface area contributed by atoms with Gasteiger partial charge in [0.2, 0.25) is 0 Å². The van der Waals surface area contributed by atoms with Gasteiger partial charge in [0.05, 0.1) is 6.20 Å². The highest BCUT2D eigenvalue weighted by Gasteiger charge is 2.12. The Morgan fingerprint density at radius 3 is 3.15 bits per heavy atom. The van der Waals surface area contributed by atoms with Gasteiger partial charge in [-0.15, -0.1) is 0 Å². The van der Waals surface area contributed by atoms with Crippen LogP contribution in [0.3, 0.4) is 0 Å². The van der Waals surface area contributed by atoms with Gasteiger partial charge in [-0.1, -0.05) is 0 Å². The third kappa shape index (κ3) is 2.74. The SMILES string of the molecule is Cn1cc(CCC(=O)c2ccc3c(c2)CCCN3)cn1. The molecule has 1 N–H and O–H groups in total. The van der Waals surface area contributed by atoms with E-state index in [-0.39, 0.29) is 5.78 Å². The van der Waals surface area contributed by atoms with Crippen molar-refractivity contribution in [3.8, 4) is 0 Å². The quantitative estimate of drug-likeness (QED) is 0.868. The molecule has 0 aliphatic carbocycles. The Morgan fingerprint density at radius 2 is 2.35 bits per heavy atom. The summed E-state index contributed by atoms with van der Waals surface area (Å²) in [6, 6.07) is 6.02. The summed E-state index contributed by atoms with van der Waals surface area (Å²) in [7, 11) is 1.89. The van der Waals surface area contributed by atoms with Gasteiger partial charge in [-0.3, -0.25) is 9.48 Å². The molecule has 20 heavy (non-hydrogen) atoms. The monoisotopic (exact) mass is 269 g/mol. The van der Waals surface area contributed by atoms with Gasteiger partial charge >= 0.3 is 0 Å². The standard InChI is InChI=1S/C16H19N3O/c1-19-11-12(10-18-19)4-7-16(20)14-5-6-15-13(9-14)3-2-8-17-15/h5-6,9-11,17H,2-4,7-8H2,1H3. The fraction of sp³-hybridized carbons (Fsp3) is 0.375. The average molecular weight is 269 g/mol. The second-order valence-electron chi connectivity index (χ2n) is 5.35. The third-order valence-electron chi connectivity index (χ3n) is 3.76. The number of aryl methyl sites for hydroxylation is 3. The summed E-state index contributed by atoms with van der Waals surface area (Å²) >= 11 is 0. The maximum Gasteiger partial charge on any atom is 0.163 e. The molecule has 0 amide bonds. The Morgan fingerprint density at radius 1 is 1.45 bits per heavy atom. The molecule has 0 saturated heterocycles. The number of Topliss-reactive ketones (excluding diaryl/α,β-unsaturated/α-hetero) is 1. The summed E-state index contributed by atoms with van der Waals surface area (Å²) in [4.78, 5) is 12.3. The number of anilines is 1. The predicted octanol–water partition coefficient (Wildman–Crippen LogP) is 2.59. The van der Waals surface area contributed by atoms with Crippen LogP contribution in [0.1, 0.15) is 34.3 Å². The van der Waals surface area contributed by atoms with E-state index >= 15 is 0 Å². The molecule has 1 aromatic heterocycles. The van der Waals surface area contributed by atoms with Crippen molar-refractivity contribution >= 4 is 11.5 Å². The molecular formula is C16H19N3O. The van der Waals surface area contributed by atoms with Crippen LogP contribution in [0.2, 0.25) is 0 Å². The second-order valence-corrected chi connectivity index (χ2v) is 5.35. The largest absolute Gasteiger partial charge is 0.385 e. The fourth-order valence-corrected chi connectivity index (χ4v) is 2.65. The number of aromatic nitrogens is 2. The Bertz CT molecular complexity index is 630. The summed E-state index contributed by atoms with van der Waals surface area (Å²) in [5, 5.41) is 7.49. The van der Waals surface area contributed by atoms with Crippen LogP contribution in [-0.4, -0.2) is 22.1 Å². The Balaban J connectivity index is 1.67. The van der Waals surface area contributed by atoms with Gasteiger partial charge in [0.25, 0.3) is 0 Å². The highest BCUT2D eigenvalue weighted by atomic mass is 16.1. The zero-order chi connectivity index (χ0) is 13.9. The van der Waals surface area contributed by atoms with Gasteiger partial charge in [0.15, 0.2) is 5.78 Å². The smallest absolute Gasteiger partial charge is 0.163 e. The lowest BCUT2D eigenvalue weighted by atomic mass is 9.97. The van der Waals surface area contributed by atoms with Crippen LogP contribution in [0.15, 0.2) is 30.6 Å². The maximum absolute atomic E-state index is 12.3. The van der Waals surface area contributed by atoms with Crippen molar-refractivity contribution in [1.29, 1.82) is 0 Å². The van der Waals surface area contributed by atoms with Crippen LogP contribution in [0.4, 0.5) is 5.69 Å². The molecule has 0 spiro atoms. The number of hydrogen-bond donors (Lipinski definition) is 1. The van der Waals surface area contributed by atoms with Crippen molar-refractivity contribution < 1.29 is 4.79 Å².